The lowest BCUT2D eigenvalue weighted by Gasteiger charge is -2.29. The number of aliphatic carboxylic acids is 1. The summed E-state index contributed by atoms with van der Waals surface area (Å²) in [5, 5.41) is 12.1. The van der Waals surface area contributed by atoms with Crippen molar-refractivity contribution in [1.29, 1.82) is 0 Å². The third kappa shape index (κ3) is 2.35. The van der Waals surface area contributed by atoms with Crippen LogP contribution in [-0.2, 0) is 14.3 Å². The van der Waals surface area contributed by atoms with Gasteiger partial charge in [-0.1, -0.05) is 0 Å². The summed E-state index contributed by atoms with van der Waals surface area (Å²) >= 11 is 0. The molecule has 2 fully saturated rings. The third-order valence-corrected chi connectivity index (χ3v) is 4.19. The number of methoxy groups -OCH3 is 1. The second-order valence-electron chi connectivity index (χ2n) is 5.29. The van der Waals surface area contributed by atoms with Crippen molar-refractivity contribution >= 4 is 11.9 Å². The lowest BCUT2D eigenvalue weighted by molar-refractivity contribution is -0.144. The minimum absolute atomic E-state index is 0.143. The predicted octanol–water partition coefficient (Wildman–Crippen LogP) is -0.424. The van der Waals surface area contributed by atoms with Gasteiger partial charge in [0.15, 0.2) is 0 Å². The van der Waals surface area contributed by atoms with Gasteiger partial charge in [0.25, 0.3) is 0 Å². The summed E-state index contributed by atoms with van der Waals surface area (Å²) in [6.45, 7) is 0.143. The van der Waals surface area contributed by atoms with Crippen LogP contribution in [0.4, 0.5) is 0 Å². The summed E-state index contributed by atoms with van der Waals surface area (Å²) in [7, 11) is 1.48. The van der Waals surface area contributed by atoms with Crippen LogP contribution in [0, 0.1) is 17.8 Å². The van der Waals surface area contributed by atoms with E-state index in [4.69, 9.17) is 10.5 Å². The van der Waals surface area contributed by atoms with E-state index < -0.39 is 17.9 Å². The van der Waals surface area contributed by atoms with E-state index in [9.17, 15) is 14.7 Å². The van der Waals surface area contributed by atoms with Crippen molar-refractivity contribution in [1.82, 2.24) is 5.32 Å². The van der Waals surface area contributed by atoms with Gasteiger partial charge in [-0.2, -0.15) is 0 Å². The molecular formula is C12H20N2O4. The number of hydrogen-bond acceptors (Lipinski definition) is 4. The molecule has 102 valence electrons. The van der Waals surface area contributed by atoms with Crippen LogP contribution in [0.25, 0.3) is 0 Å². The quantitative estimate of drug-likeness (QED) is 0.620. The van der Waals surface area contributed by atoms with Gasteiger partial charge in [-0.05, 0) is 31.1 Å². The summed E-state index contributed by atoms with van der Waals surface area (Å²) in [6, 6.07) is -1.000. The first kappa shape index (κ1) is 13.3. The highest BCUT2D eigenvalue weighted by atomic mass is 16.5. The van der Waals surface area contributed by atoms with E-state index in [0.717, 1.165) is 19.3 Å². The zero-order valence-corrected chi connectivity index (χ0v) is 10.5. The lowest BCUT2D eigenvalue weighted by Crippen LogP contribution is -2.52. The fourth-order valence-electron chi connectivity index (χ4n) is 3.38. The van der Waals surface area contributed by atoms with Crippen LogP contribution in [-0.4, -0.2) is 42.8 Å². The van der Waals surface area contributed by atoms with E-state index in [-0.39, 0.29) is 30.4 Å². The summed E-state index contributed by atoms with van der Waals surface area (Å²) in [5.41, 5.74) is 5.64. The van der Waals surface area contributed by atoms with Gasteiger partial charge in [-0.15, -0.1) is 0 Å². The lowest BCUT2D eigenvalue weighted by atomic mass is 9.84. The third-order valence-electron chi connectivity index (χ3n) is 4.19. The zero-order chi connectivity index (χ0) is 13.3. The molecule has 0 aromatic heterocycles. The van der Waals surface area contributed by atoms with E-state index in [2.05, 4.69) is 5.32 Å². The standard InChI is InChI=1S/C12H20N2O4/c1-18-5-8(13)11(15)14-10-7-3-2-6(4-7)9(10)12(16)17/h6-10H,2-5,13H2,1H3,(H,14,15)(H,16,17). The number of ether oxygens (including phenoxy) is 1. The molecule has 0 aromatic carbocycles. The van der Waals surface area contributed by atoms with E-state index in [1.807, 2.05) is 0 Å². The van der Waals surface area contributed by atoms with Gasteiger partial charge < -0.3 is 20.9 Å². The first-order valence-corrected chi connectivity index (χ1v) is 6.32. The summed E-state index contributed by atoms with van der Waals surface area (Å²) in [6.07, 6.45) is 2.86. The first-order chi connectivity index (χ1) is 8.54. The number of amides is 1. The molecule has 0 spiro atoms. The molecule has 5 atom stereocenters. The minimum Gasteiger partial charge on any atom is -0.481 e. The fourth-order valence-corrected chi connectivity index (χ4v) is 3.38. The molecule has 0 radical (unpaired) electrons. The molecule has 2 aliphatic carbocycles. The topological polar surface area (TPSA) is 102 Å². The molecule has 0 saturated heterocycles. The number of carbonyl (C=O) groups excluding carboxylic acids is 1. The molecule has 18 heavy (non-hydrogen) atoms. The Morgan fingerprint density at radius 2 is 2.11 bits per heavy atom. The largest absolute Gasteiger partial charge is 0.481 e. The second-order valence-corrected chi connectivity index (χ2v) is 5.29. The highest BCUT2D eigenvalue weighted by Crippen LogP contribution is 2.48. The van der Waals surface area contributed by atoms with E-state index in [1.54, 1.807) is 0 Å². The van der Waals surface area contributed by atoms with Crippen molar-refractivity contribution < 1.29 is 19.4 Å². The maximum absolute atomic E-state index is 11.8. The summed E-state index contributed by atoms with van der Waals surface area (Å²) in [4.78, 5) is 23.1. The number of carboxylic acids is 1. The van der Waals surface area contributed by atoms with Crippen molar-refractivity contribution in [2.75, 3.05) is 13.7 Å². The number of nitrogens with two attached hydrogens (primary N) is 1. The minimum atomic E-state index is -0.812. The van der Waals surface area contributed by atoms with Crippen molar-refractivity contribution in [3.05, 3.63) is 0 Å². The van der Waals surface area contributed by atoms with Crippen LogP contribution in [0.3, 0.4) is 0 Å². The smallest absolute Gasteiger partial charge is 0.308 e. The van der Waals surface area contributed by atoms with Crippen molar-refractivity contribution in [3.8, 4) is 0 Å². The highest BCUT2D eigenvalue weighted by molar-refractivity contribution is 5.83. The predicted molar refractivity (Wildman–Crippen MR) is 63.7 cm³/mol. The first-order valence-electron chi connectivity index (χ1n) is 6.32. The average molecular weight is 256 g/mol. The van der Waals surface area contributed by atoms with E-state index >= 15 is 0 Å². The van der Waals surface area contributed by atoms with E-state index in [0.29, 0.717) is 0 Å². The molecule has 6 heteroatoms. The van der Waals surface area contributed by atoms with Crippen LogP contribution in [0.5, 0.6) is 0 Å². The number of carbonyl (C=O) groups is 2. The zero-order valence-electron chi connectivity index (χ0n) is 10.5. The molecule has 5 unspecified atom stereocenters. The maximum Gasteiger partial charge on any atom is 0.308 e. The van der Waals surface area contributed by atoms with Crippen LogP contribution >= 0.6 is 0 Å². The number of nitrogens with one attached hydrogen (secondary N) is 1. The van der Waals surface area contributed by atoms with Crippen molar-refractivity contribution in [2.45, 2.75) is 31.3 Å². The molecule has 2 aliphatic rings. The molecule has 2 saturated carbocycles. The summed E-state index contributed by atoms with van der Waals surface area (Å²) < 4.78 is 4.82. The molecule has 1 amide bonds. The Kier molecular flexibility index (Phi) is 3.87. The molecule has 6 nitrogen and oxygen atoms in total. The van der Waals surface area contributed by atoms with Crippen molar-refractivity contribution in [3.63, 3.8) is 0 Å². The Bertz CT molecular complexity index is 347. The van der Waals surface area contributed by atoms with E-state index in [1.165, 1.54) is 7.11 Å². The Morgan fingerprint density at radius 1 is 1.44 bits per heavy atom. The monoisotopic (exact) mass is 256 g/mol. The average Bonchev–Trinajstić information content (AvgIpc) is 2.89. The molecule has 0 aliphatic heterocycles. The molecule has 4 N–H and O–H groups in total. The molecule has 2 bridgehead atoms. The highest BCUT2D eigenvalue weighted by Gasteiger charge is 2.51. The Hall–Kier alpha value is -1.14. The van der Waals surface area contributed by atoms with Gasteiger partial charge >= 0.3 is 5.97 Å². The Balaban J connectivity index is 1.99. The van der Waals surface area contributed by atoms with Crippen LogP contribution in [0.2, 0.25) is 0 Å². The SMILES string of the molecule is COCC(N)C(=O)NC1C2CCC(C2)C1C(=O)O. The molecular weight excluding hydrogens is 236 g/mol. The van der Waals surface area contributed by atoms with Crippen LogP contribution in [0.1, 0.15) is 19.3 Å². The number of fused-ring (bicyclic) bond motifs is 2. The second kappa shape index (κ2) is 5.24. The summed E-state index contributed by atoms with van der Waals surface area (Å²) in [5.74, 6) is -1.10. The van der Waals surface area contributed by atoms with Gasteiger partial charge in [0.05, 0.1) is 12.5 Å². The molecule has 0 heterocycles. The fraction of sp³-hybridized carbons (Fsp3) is 0.833. The molecule has 2 rings (SSSR count). The van der Waals surface area contributed by atoms with Gasteiger partial charge in [0.1, 0.15) is 6.04 Å². The maximum atomic E-state index is 11.8. The van der Waals surface area contributed by atoms with Crippen LogP contribution in [0.15, 0.2) is 0 Å². The Morgan fingerprint density at radius 3 is 2.72 bits per heavy atom. The normalized spacial score (nSPS) is 35.4. The van der Waals surface area contributed by atoms with Gasteiger partial charge in [0, 0.05) is 13.2 Å². The van der Waals surface area contributed by atoms with Crippen molar-refractivity contribution in [2.24, 2.45) is 23.5 Å². The number of rotatable bonds is 5. The van der Waals surface area contributed by atoms with Gasteiger partial charge in [-0.3, -0.25) is 9.59 Å². The molecule has 0 aromatic rings. The number of hydrogen-bond donors (Lipinski definition) is 3. The number of carboxylic acid groups (broad SMARTS) is 1. The van der Waals surface area contributed by atoms with Crippen LogP contribution < -0.4 is 11.1 Å². The Labute approximate surface area is 106 Å². The van der Waals surface area contributed by atoms with Gasteiger partial charge in [0.2, 0.25) is 5.91 Å². The van der Waals surface area contributed by atoms with Gasteiger partial charge in [-0.25, -0.2) is 0 Å².